The first kappa shape index (κ1) is 13.8. The highest BCUT2D eigenvalue weighted by atomic mass is 79.9. The Morgan fingerprint density at radius 3 is 2.90 bits per heavy atom. The Morgan fingerprint density at radius 1 is 1.40 bits per heavy atom. The normalized spacial score (nSPS) is 15.7. The van der Waals surface area contributed by atoms with Crippen LogP contribution >= 0.6 is 27.3 Å². The topological polar surface area (TPSA) is 49.3 Å². The Hall–Kier alpha value is -1.17. The fourth-order valence-corrected chi connectivity index (χ4v) is 3.97. The highest BCUT2D eigenvalue weighted by molar-refractivity contribution is 9.11. The molecule has 0 radical (unpaired) electrons. The Bertz CT molecular complexity index is 661. The second kappa shape index (κ2) is 5.31. The maximum Gasteiger partial charge on any atom is 0.251 e. The number of amides is 1. The van der Waals surface area contributed by atoms with E-state index in [4.69, 9.17) is 0 Å². The van der Waals surface area contributed by atoms with Crippen molar-refractivity contribution in [2.45, 2.75) is 19.4 Å². The van der Waals surface area contributed by atoms with Crippen molar-refractivity contribution in [3.8, 4) is 0 Å². The smallest absolute Gasteiger partial charge is 0.251 e. The van der Waals surface area contributed by atoms with E-state index in [9.17, 15) is 9.90 Å². The standard InChI is InChI=1S/C15H14BrNO2S/c1-8-6-12(20-14(8)16)13(18)10-3-2-9-4-5-17-15(19)11(9)7-10/h2-3,6-7,13,18H,4-5H2,1H3,(H,17,19). The van der Waals surface area contributed by atoms with Crippen LogP contribution in [-0.4, -0.2) is 17.6 Å². The minimum Gasteiger partial charge on any atom is -0.383 e. The van der Waals surface area contributed by atoms with Gasteiger partial charge in [0.25, 0.3) is 5.91 Å². The predicted molar refractivity (Wildman–Crippen MR) is 83.3 cm³/mol. The first-order valence-corrected chi connectivity index (χ1v) is 8.02. The number of hydrogen-bond donors (Lipinski definition) is 2. The molecule has 1 amide bonds. The number of benzene rings is 1. The molecule has 0 spiro atoms. The molecule has 0 bridgehead atoms. The quantitative estimate of drug-likeness (QED) is 0.872. The lowest BCUT2D eigenvalue weighted by molar-refractivity contribution is 0.0945. The molecule has 0 fully saturated rings. The first-order valence-electron chi connectivity index (χ1n) is 6.41. The maximum atomic E-state index is 11.9. The van der Waals surface area contributed by atoms with Crippen LogP contribution in [0.3, 0.4) is 0 Å². The lowest BCUT2D eigenvalue weighted by atomic mass is 9.95. The van der Waals surface area contributed by atoms with Crippen LogP contribution in [0.25, 0.3) is 0 Å². The molecule has 20 heavy (non-hydrogen) atoms. The third kappa shape index (κ3) is 2.41. The van der Waals surface area contributed by atoms with Gasteiger partial charge in [0.15, 0.2) is 0 Å². The van der Waals surface area contributed by atoms with Gasteiger partial charge >= 0.3 is 0 Å². The van der Waals surface area contributed by atoms with Crippen LogP contribution in [0.2, 0.25) is 0 Å². The van der Waals surface area contributed by atoms with Gasteiger partial charge in [0.2, 0.25) is 0 Å². The third-order valence-electron chi connectivity index (χ3n) is 3.52. The van der Waals surface area contributed by atoms with Gasteiger partial charge in [-0.25, -0.2) is 0 Å². The number of fused-ring (bicyclic) bond motifs is 1. The second-order valence-electron chi connectivity index (χ2n) is 4.93. The van der Waals surface area contributed by atoms with Gasteiger partial charge in [-0.1, -0.05) is 12.1 Å². The summed E-state index contributed by atoms with van der Waals surface area (Å²) >= 11 is 4.99. The predicted octanol–water partition coefficient (Wildman–Crippen LogP) is 3.19. The van der Waals surface area contributed by atoms with E-state index in [1.165, 1.54) is 11.3 Å². The van der Waals surface area contributed by atoms with Crippen molar-refractivity contribution in [3.63, 3.8) is 0 Å². The van der Waals surface area contributed by atoms with Crippen LogP contribution in [0.4, 0.5) is 0 Å². The molecule has 1 atom stereocenters. The highest BCUT2D eigenvalue weighted by Crippen LogP contribution is 2.34. The molecule has 1 aliphatic heterocycles. The van der Waals surface area contributed by atoms with Crippen molar-refractivity contribution in [3.05, 3.63) is 55.2 Å². The van der Waals surface area contributed by atoms with Gasteiger partial charge in [-0.15, -0.1) is 11.3 Å². The summed E-state index contributed by atoms with van der Waals surface area (Å²) in [5.41, 5.74) is 3.60. The highest BCUT2D eigenvalue weighted by Gasteiger charge is 2.20. The molecule has 2 aromatic rings. The number of rotatable bonds is 2. The van der Waals surface area contributed by atoms with E-state index in [0.717, 1.165) is 31.8 Å². The number of aliphatic hydroxyl groups excluding tert-OH is 1. The fraction of sp³-hybridized carbons (Fsp3) is 0.267. The number of aryl methyl sites for hydroxylation is 1. The molecular weight excluding hydrogens is 338 g/mol. The number of carbonyl (C=O) groups is 1. The summed E-state index contributed by atoms with van der Waals surface area (Å²) in [4.78, 5) is 12.7. The number of halogens is 1. The van der Waals surface area contributed by atoms with Gasteiger partial charge in [0.05, 0.1) is 3.79 Å². The number of nitrogens with one attached hydrogen (secondary N) is 1. The molecule has 104 valence electrons. The van der Waals surface area contributed by atoms with Crippen molar-refractivity contribution < 1.29 is 9.90 Å². The molecule has 0 saturated heterocycles. The van der Waals surface area contributed by atoms with Crippen molar-refractivity contribution in [1.29, 1.82) is 0 Å². The van der Waals surface area contributed by atoms with Crippen LogP contribution in [-0.2, 0) is 6.42 Å². The van der Waals surface area contributed by atoms with Gasteiger partial charge in [0.1, 0.15) is 6.10 Å². The number of aliphatic hydroxyl groups is 1. The summed E-state index contributed by atoms with van der Waals surface area (Å²) in [5, 5.41) is 13.3. The van der Waals surface area contributed by atoms with Gasteiger partial charge in [-0.3, -0.25) is 4.79 Å². The molecular formula is C15H14BrNO2S. The van der Waals surface area contributed by atoms with E-state index < -0.39 is 6.10 Å². The minimum absolute atomic E-state index is 0.0520. The lowest BCUT2D eigenvalue weighted by Gasteiger charge is -2.18. The molecule has 2 N–H and O–H groups in total. The van der Waals surface area contributed by atoms with E-state index in [0.29, 0.717) is 12.1 Å². The van der Waals surface area contributed by atoms with Crippen LogP contribution in [0.1, 0.15) is 38.0 Å². The molecule has 0 aliphatic carbocycles. The maximum absolute atomic E-state index is 11.9. The van der Waals surface area contributed by atoms with Crippen LogP contribution in [0, 0.1) is 6.92 Å². The van der Waals surface area contributed by atoms with Gasteiger partial charge in [0, 0.05) is 17.0 Å². The molecule has 5 heteroatoms. The van der Waals surface area contributed by atoms with Crippen LogP contribution in [0.5, 0.6) is 0 Å². The Kier molecular flexibility index (Phi) is 3.67. The second-order valence-corrected chi connectivity index (χ2v) is 7.33. The van der Waals surface area contributed by atoms with Gasteiger partial charge in [-0.05, 0) is 58.1 Å². The van der Waals surface area contributed by atoms with Crippen LogP contribution in [0.15, 0.2) is 28.1 Å². The minimum atomic E-state index is -0.690. The number of carbonyl (C=O) groups excluding carboxylic acids is 1. The number of thiophene rings is 1. The monoisotopic (exact) mass is 351 g/mol. The van der Waals surface area contributed by atoms with E-state index in [1.807, 2.05) is 25.1 Å². The lowest BCUT2D eigenvalue weighted by Crippen LogP contribution is -2.31. The summed E-state index contributed by atoms with van der Waals surface area (Å²) in [6.07, 6.45) is 0.159. The molecule has 1 aliphatic rings. The van der Waals surface area contributed by atoms with E-state index >= 15 is 0 Å². The summed E-state index contributed by atoms with van der Waals surface area (Å²) in [6, 6.07) is 7.63. The van der Waals surface area contributed by atoms with Crippen molar-refractivity contribution in [2.75, 3.05) is 6.54 Å². The van der Waals surface area contributed by atoms with Crippen molar-refractivity contribution >= 4 is 33.2 Å². The molecule has 1 aromatic heterocycles. The summed E-state index contributed by atoms with van der Waals surface area (Å²) in [5.74, 6) is -0.0520. The number of hydrogen-bond acceptors (Lipinski definition) is 3. The zero-order valence-electron chi connectivity index (χ0n) is 10.9. The van der Waals surface area contributed by atoms with Gasteiger partial charge < -0.3 is 10.4 Å². The Balaban J connectivity index is 1.98. The molecule has 2 heterocycles. The van der Waals surface area contributed by atoms with Crippen molar-refractivity contribution in [2.24, 2.45) is 0 Å². The average molecular weight is 352 g/mol. The Labute approximate surface area is 129 Å². The fourth-order valence-electron chi connectivity index (χ4n) is 2.38. The zero-order valence-corrected chi connectivity index (χ0v) is 13.3. The van der Waals surface area contributed by atoms with Gasteiger partial charge in [-0.2, -0.15) is 0 Å². The van der Waals surface area contributed by atoms with Crippen molar-refractivity contribution in [1.82, 2.24) is 5.32 Å². The molecule has 1 unspecified atom stereocenters. The largest absolute Gasteiger partial charge is 0.383 e. The summed E-state index contributed by atoms with van der Waals surface area (Å²) < 4.78 is 1.03. The molecule has 3 rings (SSSR count). The molecule has 1 aromatic carbocycles. The average Bonchev–Trinajstić information content (AvgIpc) is 2.78. The van der Waals surface area contributed by atoms with Crippen LogP contribution < -0.4 is 5.32 Å². The SMILES string of the molecule is Cc1cc(C(O)c2ccc3c(c2)C(=O)NCC3)sc1Br. The molecule has 3 nitrogen and oxygen atoms in total. The van der Waals surface area contributed by atoms with E-state index in [1.54, 1.807) is 6.07 Å². The third-order valence-corrected chi connectivity index (χ3v) is 5.71. The van der Waals surface area contributed by atoms with E-state index in [-0.39, 0.29) is 5.91 Å². The Morgan fingerprint density at radius 2 is 2.20 bits per heavy atom. The first-order chi connectivity index (χ1) is 9.56. The summed E-state index contributed by atoms with van der Waals surface area (Å²) in [7, 11) is 0. The van der Waals surface area contributed by atoms with E-state index in [2.05, 4.69) is 21.2 Å². The summed E-state index contributed by atoms with van der Waals surface area (Å²) in [6.45, 7) is 2.68. The molecule has 0 saturated carbocycles. The zero-order chi connectivity index (χ0) is 14.3.